The molecule has 0 saturated carbocycles. The molecule has 1 aliphatic heterocycles. The summed E-state index contributed by atoms with van der Waals surface area (Å²) < 4.78 is 0.890. The van der Waals surface area contributed by atoms with Crippen molar-refractivity contribution in [2.24, 2.45) is 0 Å². The maximum Gasteiger partial charge on any atom is 0.252 e. The van der Waals surface area contributed by atoms with Gasteiger partial charge in [-0.25, -0.2) is 0 Å². The fourth-order valence-electron chi connectivity index (χ4n) is 2.28. The van der Waals surface area contributed by atoms with E-state index >= 15 is 0 Å². The van der Waals surface area contributed by atoms with Crippen LogP contribution in [0.2, 0.25) is 0 Å². The van der Waals surface area contributed by atoms with E-state index in [9.17, 15) is 4.79 Å². The average Bonchev–Trinajstić information content (AvgIpc) is 2.85. The number of amides is 1. The van der Waals surface area contributed by atoms with Crippen LogP contribution in [0.25, 0.3) is 0 Å². The van der Waals surface area contributed by atoms with Crippen molar-refractivity contribution in [3.8, 4) is 0 Å². The summed E-state index contributed by atoms with van der Waals surface area (Å²) in [6, 6.07) is 6.32. The summed E-state index contributed by atoms with van der Waals surface area (Å²) in [5.74, 6) is 0.00331. The van der Waals surface area contributed by atoms with Crippen LogP contribution in [0.15, 0.2) is 22.7 Å². The highest BCUT2D eigenvalue weighted by Gasteiger charge is 2.15. The number of hydrogen-bond acceptors (Lipinski definition) is 2. The summed E-state index contributed by atoms with van der Waals surface area (Å²) in [4.78, 5) is 12.0. The number of benzene rings is 1. The van der Waals surface area contributed by atoms with E-state index < -0.39 is 0 Å². The Bertz CT molecular complexity index is 428. The molecule has 1 saturated heterocycles. The lowest BCUT2D eigenvalue weighted by Crippen LogP contribution is -2.30. The second-order valence-electron chi connectivity index (χ2n) is 4.77. The topological polar surface area (TPSA) is 41.1 Å². The molecule has 0 unspecified atom stereocenters. The molecule has 0 radical (unpaired) electrons. The van der Waals surface area contributed by atoms with Crippen LogP contribution in [0.4, 0.5) is 0 Å². The second-order valence-corrected chi connectivity index (χ2v) is 5.57. The zero-order valence-corrected chi connectivity index (χ0v) is 12.2. The molecule has 0 spiro atoms. The van der Waals surface area contributed by atoms with Crippen LogP contribution >= 0.6 is 15.9 Å². The smallest absolute Gasteiger partial charge is 0.252 e. The first-order chi connectivity index (χ1) is 8.68. The Labute approximate surface area is 116 Å². The van der Waals surface area contributed by atoms with Gasteiger partial charge in [0.05, 0.1) is 5.56 Å². The maximum atomic E-state index is 12.0. The van der Waals surface area contributed by atoms with E-state index in [4.69, 9.17) is 0 Å². The number of aryl methyl sites for hydroxylation is 1. The minimum Gasteiger partial charge on any atom is -0.352 e. The summed E-state index contributed by atoms with van der Waals surface area (Å²) in [6.45, 7) is 3.84. The molecule has 1 aliphatic rings. The lowest BCUT2D eigenvalue weighted by atomic mass is 10.1. The van der Waals surface area contributed by atoms with E-state index in [1.165, 1.54) is 12.8 Å². The maximum absolute atomic E-state index is 12.0. The Balaban J connectivity index is 1.85. The fraction of sp³-hybridized carbons (Fsp3) is 0.500. The number of rotatable bonds is 4. The highest BCUT2D eigenvalue weighted by molar-refractivity contribution is 9.10. The van der Waals surface area contributed by atoms with Crippen molar-refractivity contribution < 1.29 is 4.79 Å². The Morgan fingerprint density at radius 2 is 2.39 bits per heavy atom. The van der Waals surface area contributed by atoms with Crippen LogP contribution in [0.1, 0.15) is 35.2 Å². The molecular weight excluding hydrogens is 292 g/mol. The molecule has 0 bridgehead atoms. The van der Waals surface area contributed by atoms with Crippen LogP contribution in [0.5, 0.6) is 0 Å². The summed E-state index contributed by atoms with van der Waals surface area (Å²) >= 11 is 3.47. The van der Waals surface area contributed by atoms with E-state index in [1.54, 1.807) is 0 Å². The summed E-state index contributed by atoms with van der Waals surface area (Å²) in [5.41, 5.74) is 1.80. The van der Waals surface area contributed by atoms with E-state index in [-0.39, 0.29) is 5.91 Å². The number of carbonyl (C=O) groups excluding carboxylic acids is 1. The molecule has 18 heavy (non-hydrogen) atoms. The van der Waals surface area contributed by atoms with Crippen molar-refractivity contribution in [3.63, 3.8) is 0 Å². The minimum absolute atomic E-state index is 0.00331. The quantitative estimate of drug-likeness (QED) is 0.897. The molecule has 0 aromatic heterocycles. The molecule has 0 aliphatic carbocycles. The molecule has 1 heterocycles. The molecule has 1 aromatic carbocycles. The molecule has 2 N–H and O–H groups in total. The molecule has 2 rings (SSSR count). The van der Waals surface area contributed by atoms with Crippen LogP contribution < -0.4 is 10.6 Å². The van der Waals surface area contributed by atoms with Gasteiger partial charge in [-0.1, -0.05) is 12.1 Å². The summed E-state index contributed by atoms with van der Waals surface area (Å²) in [5, 5.41) is 6.41. The number of nitrogens with one attached hydrogen (secondary N) is 2. The largest absolute Gasteiger partial charge is 0.352 e. The third kappa shape index (κ3) is 3.33. The molecule has 1 aromatic rings. The molecule has 3 nitrogen and oxygen atoms in total. The van der Waals surface area contributed by atoms with E-state index in [0.717, 1.165) is 35.1 Å². The molecule has 4 heteroatoms. The van der Waals surface area contributed by atoms with Gasteiger partial charge in [-0.15, -0.1) is 0 Å². The van der Waals surface area contributed by atoms with Gasteiger partial charge in [0, 0.05) is 17.1 Å². The van der Waals surface area contributed by atoms with Gasteiger partial charge in [0.15, 0.2) is 0 Å². The van der Waals surface area contributed by atoms with E-state index in [2.05, 4.69) is 26.6 Å². The van der Waals surface area contributed by atoms with Crippen LogP contribution in [-0.4, -0.2) is 25.0 Å². The number of halogens is 1. The van der Waals surface area contributed by atoms with Crippen LogP contribution in [0.3, 0.4) is 0 Å². The van der Waals surface area contributed by atoms with Gasteiger partial charge in [0.25, 0.3) is 5.91 Å². The average molecular weight is 311 g/mol. The predicted octanol–water partition coefficient (Wildman–Crippen LogP) is 2.63. The lowest BCUT2D eigenvalue weighted by molar-refractivity contribution is 0.0951. The zero-order chi connectivity index (χ0) is 13.0. The van der Waals surface area contributed by atoms with Crippen molar-refractivity contribution in [1.82, 2.24) is 10.6 Å². The molecule has 1 amide bonds. The first kappa shape index (κ1) is 13.6. The first-order valence-electron chi connectivity index (χ1n) is 6.45. The molecule has 98 valence electrons. The van der Waals surface area contributed by atoms with Gasteiger partial charge in [0.2, 0.25) is 0 Å². The Morgan fingerprint density at radius 3 is 3.11 bits per heavy atom. The predicted molar refractivity (Wildman–Crippen MR) is 76.9 cm³/mol. The van der Waals surface area contributed by atoms with Crippen LogP contribution in [0, 0.1) is 6.92 Å². The Morgan fingerprint density at radius 1 is 1.56 bits per heavy atom. The van der Waals surface area contributed by atoms with Gasteiger partial charge >= 0.3 is 0 Å². The van der Waals surface area contributed by atoms with Gasteiger partial charge in [-0.05, 0) is 60.3 Å². The standard InChI is InChI=1S/C14H19BrN2O/c1-10-4-2-6-12(13(10)15)14(18)17-9-7-11-5-3-8-16-11/h2,4,6,11,16H,3,5,7-9H2,1H3,(H,17,18)/t11-/m1/s1. The molecular formula is C14H19BrN2O. The normalized spacial score (nSPS) is 18.9. The highest BCUT2D eigenvalue weighted by Crippen LogP contribution is 2.20. The van der Waals surface area contributed by atoms with E-state index in [1.807, 2.05) is 25.1 Å². The SMILES string of the molecule is Cc1cccc(C(=O)NCC[C@H]2CCCN2)c1Br. The Kier molecular flexibility index (Phi) is 4.78. The first-order valence-corrected chi connectivity index (χ1v) is 7.24. The van der Waals surface area contributed by atoms with E-state index in [0.29, 0.717) is 6.04 Å². The third-order valence-corrected chi connectivity index (χ3v) is 4.43. The Hall–Kier alpha value is -0.870. The molecule has 1 atom stereocenters. The third-order valence-electron chi connectivity index (χ3n) is 3.38. The monoisotopic (exact) mass is 310 g/mol. The van der Waals surface area contributed by atoms with Crippen molar-refractivity contribution in [1.29, 1.82) is 0 Å². The number of hydrogen-bond donors (Lipinski definition) is 2. The van der Waals surface area contributed by atoms with Gasteiger partial charge in [-0.2, -0.15) is 0 Å². The van der Waals surface area contributed by atoms with Crippen molar-refractivity contribution in [2.75, 3.05) is 13.1 Å². The fourth-order valence-corrected chi connectivity index (χ4v) is 2.73. The van der Waals surface area contributed by atoms with Crippen molar-refractivity contribution >= 4 is 21.8 Å². The summed E-state index contributed by atoms with van der Waals surface area (Å²) in [6.07, 6.45) is 3.49. The van der Waals surface area contributed by atoms with Gasteiger partial charge < -0.3 is 10.6 Å². The van der Waals surface area contributed by atoms with Crippen molar-refractivity contribution in [3.05, 3.63) is 33.8 Å². The second kappa shape index (κ2) is 6.34. The highest BCUT2D eigenvalue weighted by atomic mass is 79.9. The lowest BCUT2D eigenvalue weighted by Gasteiger charge is -2.12. The summed E-state index contributed by atoms with van der Waals surface area (Å²) in [7, 11) is 0. The van der Waals surface area contributed by atoms with Gasteiger partial charge in [0.1, 0.15) is 0 Å². The number of carbonyl (C=O) groups is 1. The van der Waals surface area contributed by atoms with Gasteiger partial charge in [-0.3, -0.25) is 4.79 Å². The van der Waals surface area contributed by atoms with Crippen LogP contribution in [-0.2, 0) is 0 Å². The zero-order valence-electron chi connectivity index (χ0n) is 10.6. The minimum atomic E-state index is 0.00331. The van der Waals surface area contributed by atoms with Crippen molar-refractivity contribution in [2.45, 2.75) is 32.2 Å². The molecule has 1 fully saturated rings.